The molecule has 0 unspecified atom stereocenters. The summed E-state index contributed by atoms with van der Waals surface area (Å²) < 4.78 is 37.5. The molecule has 0 spiro atoms. The first-order chi connectivity index (χ1) is 12.4. The number of carbonyl (C=O) groups is 2. The lowest BCUT2D eigenvalue weighted by molar-refractivity contribution is -0.133. The van der Waals surface area contributed by atoms with Crippen LogP contribution in [0.2, 0.25) is 0 Å². The van der Waals surface area contributed by atoms with Crippen LogP contribution in [-0.4, -0.2) is 25.0 Å². The summed E-state index contributed by atoms with van der Waals surface area (Å²) in [5.74, 6) is -2.87. The summed E-state index contributed by atoms with van der Waals surface area (Å²) in [5.41, 5.74) is -0.136. The van der Waals surface area contributed by atoms with Crippen LogP contribution in [0.1, 0.15) is 13.8 Å². The molecule has 0 fully saturated rings. The van der Waals surface area contributed by atoms with Gasteiger partial charge in [-0.05, 0) is 38.1 Å². The predicted molar refractivity (Wildman–Crippen MR) is 92.4 cm³/mol. The molecule has 0 atom stereocenters. The molecule has 26 heavy (non-hydrogen) atoms. The second kappa shape index (κ2) is 8.80. The van der Waals surface area contributed by atoms with Crippen LogP contribution in [-0.2, 0) is 9.59 Å². The third-order valence-electron chi connectivity index (χ3n) is 3.18. The van der Waals surface area contributed by atoms with Gasteiger partial charge in [0.05, 0.1) is 18.9 Å². The van der Waals surface area contributed by atoms with Crippen molar-refractivity contribution in [2.75, 3.05) is 23.8 Å². The molecule has 0 radical (unpaired) electrons. The average molecular weight is 364 g/mol. The maximum absolute atomic E-state index is 13.5. The van der Waals surface area contributed by atoms with E-state index in [4.69, 9.17) is 9.47 Å². The number of nitrogens with one attached hydrogen (secondary N) is 2. The molecular weight excluding hydrogens is 346 g/mol. The Kier molecular flexibility index (Phi) is 6.48. The van der Waals surface area contributed by atoms with E-state index in [-0.39, 0.29) is 5.69 Å². The number of halogens is 2. The zero-order valence-corrected chi connectivity index (χ0v) is 14.3. The first kappa shape index (κ1) is 19.2. The summed E-state index contributed by atoms with van der Waals surface area (Å²) in [7, 11) is 0. The van der Waals surface area contributed by atoms with Gasteiger partial charge in [0.2, 0.25) is 0 Å². The van der Waals surface area contributed by atoms with Gasteiger partial charge >= 0.3 is 11.8 Å². The van der Waals surface area contributed by atoms with Crippen molar-refractivity contribution in [3.63, 3.8) is 0 Å². The van der Waals surface area contributed by atoms with Gasteiger partial charge in [-0.25, -0.2) is 8.78 Å². The van der Waals surface area contributed by atoms with Crippen molar-refractivity contribution in [1.29, 1.82) is 0 Å². The Hall–Kier alpha value is -3.16. The van der Waals surface area contributed by atoms with E-state index in [1.54, 1.807) is 13.0 Å². The molecule has 6 nitrogen and oxygen atoms in total. The fraction of sp³-hybridized carbons (Fsp3) is 0.222. The highest BCUT2D eigenvalue weighted by atomic mass is 19.1. The number of hydrogen-bond acceptors (Lipinski definition) is 4. The van der Waals surface area contributed by atoms with Gasteiger partial charge in [0.1, 0.15) is 11.6 Å². The summed E-state index contributed by atoms with van der Waals surface area (Å²) in [5, 5.41) is 4.38. The lowest BCUT2D eigenvalue weighted by Crippen LogP contribution is -2.29. The number of anilines is 2. The Morgan fingerprint density at radius 3 is 2.23 bits per heavy atom. The zero-order valence-electron chi connectivity index (χ0n) is 14.3. The summed E-state index contributed by atoms with van der Waals surface area (Å²) in [6.45, 7) is 4.44. The van der Waals surface area contributed by atoms with E-state index in [1.165, 1.54) is 12.1 Å². The van der Waals surface area contributed by atoms with E-state index >= 15 is 0 Å². The highest BCUT2D eigenvalue weighted by molar-refractivity contribution is 6.43. The van der Waals surface area contributed by atoms with Gasteiger partial charge in [0.15, 0.2) is 11.5 Å². The maximum Gasteiger partial charge on any atom is 0.314 e. The number of rotatable bonds is 6. The minimum atomic E-state index is -1.14. The number of carbonyl (C=O) groups excluding carboxylic acids is 2. The highest BCUT2D eigenvalue weighted by Crippen LogP contribution is 2.30. The van der Waals surface area contributed by atoms with Gasteiger partial charge in [-0.3, -0.25) is 9.59 Å². The van der Waals surface area contributed by atoms with Crippen LogP contribution in [0.4, 0.5) is 20.2 Å². The molecule has 0 saturated carbocycles. The summed E-state index contributed by atoms with van der Waals surface area (Å²) in [6.07, 6.45) is 0. The summed E-state index contributed by atoms with van der Waals surface area (Å²) in [6, 6.07) is 7.16. The lowest BCUT2D eigenvalue weighted by atomic mass is 10.2. The molecule has 2 rings (SSSR count). The minimum absolute atomic E-state index is 0.289. The van der Waals surface area contributed by atoms with E-state index in [2.05, 4.69) is 5.32 Å². The molecule has 0 aromatic heterocycles. The number of amides is 2. The molecule has 0 heterocycles. The van der Waals surface area contributed by atoms with Crippen molar-refractivity contribution in [1.82, 2.24) is 0 Å². The second-order valence-corrected chi connectivity index (χ2v) is 5.06. The number of hydrogen-bond donors (Lipinski definition) is 2. The Morgan fingerprint density at radius 1 is 0.885 bits per heavy atom. The van der Waals surface area contributed by atoms with Gasteiger partial charge in [0, 0.05) is 17.8 Å². The second-order valence-electron chi connectivity index (χ2n) is 5.06. The molecule has 0 aliphatic rings. The van der Waals surface area contributed by atoms with Crippen molar-refractivity contribution in [3.8, 4) is 11.5 Å². The zero-order chi connectivity index (χ0) is 19.1. The van der Waals surface area contributed by atoms with Crippen LogP contribution in [0.25, 0.3) is 0 Å². The molecule has 2 aromatic carbocycles. The molecule has 0 saturated heterocycles. The summed E-state index contributed by atoms with van der Waals surface area (Å²) in [4.78, 5) is 23.9. The lowest BCUT2D eigenvalue weighted by Gasteiger charge is -2.13. The van der Waals surface area contributed by atoms with Crippen molar-refractivity contribution >= 4 is 23.2 Å². The molecule has 2 N–H and O–H groups in total. The summed E-state index contributed by atoms with van der Waals surface area (Å²) >= 11 is 0. The van der Waals surface area contributed by atoms with Crippen LogP contribution in [0.5, 0.6) is 11.5 Å². The smallest absolute Gasteiger partial charge is 0.314 e. The van der Waals surface area contributed by atoms with Crippen LogP contribution in [0.3, 0.4) is 0 Å². The fourth-order valence-corrected chi connectivity index (χ4v) is 2.09. The van der Waals surface area contributed by atoms with Gasteiger partial charge in [-0.1, -0.05) is 0 Å². The van der Waals surface area contributed by atoms with Crippen LogP contribution < -0.4 is 20.1 Å². The normalized spacial score (nSPS) is 10.2. The number of ether oxygens (including phenoxy) is 2. The van der Waals surface area contributed by atoms with Gasteiger partial charge < -0.3 is 20.1 Å². The third kappa shape index (κ3) is 4.92. The highest BCUT2D eigenvalue weighted by Gasteiger charge is 2.17. The molecule has 0 aliphatic heterocycles. The van der Waals surface area contributed by atoms with Crippen LogP contribution in [0.15, 0.2) is 36.4 Å². The molecular formula is C18H18F2N2O4. The number of benzene rings is 2. The molecule has 8 heteroatoms. The largest absolute Gasteiger partial charge is 0.490 e. The van der Waals surface area contributed by atoms with Crippen molar-refractivity contribution in [2.45, 2.75) is 13.8 Å². The fourth-order valence-electron chi connectivity index (χ4n) is 2.09. The van der Waals surface area contributed by atoms with E-state index in [0.29, 0.717) is 24.7 Å². The molecule has 2 amide bonds. The van der Waals surface area contributed by atoms with Gasteiger partial charge in [-0.15, -0.1) is 0 Å². The Morgan fingerprint density at radius 2 is 1.54 bits per heavy atom. The Bertz CT molecular complexity index is 812. The average Bonchev–Trinajstić information content (AvgIpc) is 2.60. The topological polar surface area (TPSA) is 76.7 Å². The van der Waals surface area contributed by atoms with Gasteiger partial charge in [-0.2, -0.15) is 0 Å². The van der Waals surface area contributed by atoms with Crippen LogP contribution >= 0.6 is 0 Å². The van der Waals surface area contributed by atoms with Crippen molar-refractivity contribution in [3.05, 3.63) is 48.0 Å². The van der Waals surface area contributed by atoms with E-state index in [0.717, 1.165) is 18.2 Å². The van der Waals surface area contributed by atoms with Gasteiger partial charge in [0.25, 0.3) is 0 Å². The van der Waals surface area contributed by atoms with Crippen LogP contribution in [0, 0.1) is 11.6 Å². The first-order valence-corrected chi connectivity index (χ1v) is 7.91. The van der Waals surface area contributed by atoms with E-state index in [9.17, 15) is 18.4 Å². The molecule has 138 valence electrons. The quantitative estimate of drug-likeness (QED) is 0.771. The van der Waals surface area contributed by atoms with Crippen molar-refractivity contribution in [2.24, 2.45) is 0 Å². The minimum Gasteiger partial charge on any atom is -0.490 e. The Balaban J connectivity index is 2.09. The monoisotopic (exact) mass is 364 g/mol. The molecule has 2 aromatic rings. The maximum atomic E-state index is 13.5. The van der Waals surface area contributed by atoms with E-state index in [1.807, 2.05) is 12.2 Å². The SMILES string of the molecule is CCOc1ccc(NC(=O)C(=O)Nc2cc(F)ccc2F)cc1OCC. The Labute approximate surface area is 149 Å². The predicted octanol–water partition coefficient (Wildman–Crippen LogP) is 3.34. The third-order valence-corrected chi connectivity index (χ3v) is 3.18. The first-order valence-electron chi connectivity index (χ1n) is 7.91. The standard InChI is InChI=1S/C18H18F2N2O4/c1-3-25-15-8-6-12(10-16(15)26-4-2)21-17(23)18(24)22-14-9-11(19)5-7-13(14)20/h5-10H,3-4H2,1-2H3,(H,21,23)(H,22,24). The van der Waals surface area contributed by atoms with E-state index < -0.39 is 29.1 Å². The van der Waals surface area contributed by atoms with Crippen molar-refractivity contribution < 1.29 is 27.8 Å². The molecule has 0 bridgehead atoms. The molecule has 0 aliphatic carbocycles.